The molecule has 0 heterocycles. The Hall–Kier alpha value is -1.58. The number of ether oxygens (including phenoxy) is 1. The SMILES string of the molecule is CCNC(c1cccc(OC)c1)c1cc(F)ccc1Cl. The lowest BCUT2D eigenvalue weighted by Crippen LogP contribution is -2.22. The number of benzene rings is 2. The van der Waals surface area contributed by atoms with Crippen molar-refractivity contribution in [3.8, 4) is 5.75 Å². The Labute approximate surface area is 123 Å². The number of rotatable bonds is 5. The predicted octanol–water partition coefficient (Wildman–Crippen LogP) is 4.19. The van der Waals surface area contributed by atoms with Crippen molar-refractivity contribution in [3.63, 3.8) is 0 Å². The Kier molecular flexibility index (Phi) is 4.99. The first-order chi connectivity index (χ1) is 9.65. The van der Waals surface area contributed by atoms with Gasteiger partial charge in [0.1, 0.15) is 11.6 Å². The first-order valence-electron chi connectivity index (χ1n) is 6.48. The van der Waals surface area contributed by atoms with Gasteiger partial charge in [-0.25, -0.2) is 4.39 Å². The molecule has 2 aromatic carbocycles. The van der Waals surface area contributed by atoms with E-state index < -0.39 is 0 Å². The zero-order chi connectivity index (χ0) is 14.5. The summed E-state index contributed by atoms with van der Waals surface area (Å²) in [7, 11) is 1.62. The van der Waals surface area contributed by atoms with Crippen molar-refractivity contribution in [1.29, 1.82) is 0 Å². The molecule has 0 saturated heterocycles. The van der Waals surface area contributed by atoms with Gasteiger partial charge in [0, 0.05) is 5.02 Å². The monoisotopic (exact) mass is 293 g/mol. The topological polar surface area (TPSA) is 21.3 Å². The molecule has 2 aromatic rings. The standard InChI is InChI=1S/C16H17ClFNO/c1-3-19-16(11-5-4-6-13(9-11)20-2)14-10-12(18)7-8-15(14)17/h4-10,16,19H,3H2,1-2H3. The second-order valence-corrected chi connectivity index (χ2v) is 4.84. The number of methoxy groups -OCH3 is 1. The maximum Gasteiger partial charge on any atom is 0.123 e. The van der Waals surface area contributed by atoms with Gasteiger partial charge in [-0.3, -0.25) is 0 Å². The lowest BCUT2D eigenvalue weighted by molar-refractivity contribution is 0.413. The van der Waals surface area contributed by atoms with Crippen molar-refractivity contribution >= 4 is 11.6 Å². The van der Waals surface area contributed by atoms with Crippen molar-refractivity contribution < 1.29 is 9.13 Å². The number of hydrogen-bond donors (Lipinski definition) is 1. The van der Waals surface area contributed by atoms with E-state index >= 15 is 0 Å². The summed E-state index contributed by atoms with van der Waals surface area (Å²) in [6, 6.07) is 11.9. The van der Waals surface area contributed by atoms with Crippen molar-refractivity contribution in [2.24, 2.45) is 0 Å². The van der Waals surface area contributed by atoms with Crippen LogP contribution in [0.3, 0.4) is 0 Å². The van der Waals surface area contributed by atoms with Crippen molar-refractivity contribution in [1.82, 2.24) is 5.32 Å². The average Bonchev–Trinajstić information content (AvgIpc) is 2.47. The van der Waals surface area contributed by atoms with E-state index in [4.69, 9.17) is 16.3 Å². The molecule has 0 amide bonds. The van der Waals surface area contributed by atoms with E-state index in [-0.39, 0.29) is 11.9 Å². The fourth-order valence-electron chi connectivity index (χ4n) is 2.17. The molecule has 2 rings (SSSR count). The van der Waals surface area contributed by atoms with E-state index in [9.17, 15) is 4.39 Å². The molecule has 0 aromatic heterocycles. The molecular formula is C16H17ClFNO. The summed E-state index contributed by atoms with van der Waals surface area (Å²) in [5.74, 6) is 0.466. The number of halogens is 2. The molecule has 0 bridgehead atoms. The summed E-state index contributed by atoms with van der Waals surface area (Å²) >= 11 is 6.21. The molecule has 0 saturated carbocycles. The Morgan fingerprint density at radius 3 is 2.75 bits per heavy atom. The van der Waals surface area contributed by atoms with Gasteiger partial charge in [-0.15, -0.1) is 0 Å². The molecular weight excluding hydrogens is 277 g/mol. The minimum Gasteiger partial charge on any atom is -0.497 e. The van der Waals surface area contributed by atoms with Crippen molar-refractivity contribution in [2.45, 2.75) is 13.0 Å². The smallest absolute Gasteiger partial charge is 0.123 e. The summed E-state index contributed by atoms with van der Waals surface area (Å²) in [5.41, 5.74) is 1.71. The highest BCUT2D eigenvalue weighted by Crippen LogP contribution is 2.30. The molecule has 0 fully saturated rings. The van der Waals surface area contributed by atoms with Crippen LogP contribution >= 0.6 is 11.6 Å². The van der Waals surface area contributed by atoms with E-state index in [1.165, 1.54) is 12.1 Å². The Morgan fingerprint density at radius 1 is 1.25 bits per heavy atom. The van der Waals surface area contributed by atoms with Gasteiger partial charge >= 0.3 is 0 Å². The minimum absolute atomic E-state index is 0.168. The van der Waals surface area contributed by atoms with Crippen LogP contribution in [0.2, 0.25) is 5.02 Å². The summed E-state index contributed by atoms with van der Waals surface area (Å²) in [5, 5.41) is 3.87. The molecule has 1 N–H and O–H groups in total. The highest BCUT2D eigenvalue weighted by atomic mass is 35.5. The van der Waals surface area contributed by atoms with Crippen LogP contribution < -0.4 is 10.1 Å². The van der Waals surface area contributed by atoms with Gasteiger partial charge in [0.05, 0.1) is 13.2 Å². The lowest BCUT2D eigenvalue weighted by Gasteiger charge is -2.20. The summed E-state index contributed by atoms with van der Waals surface area (Å²) in [4.78, 5) is 0. The second kappa shape index (κ2) is 6.73. The number of nitrogens with one attached hydrogen (secondary N) is 1. The van der Waals surface area contributed by atoms with E-state index in [2.05, 4.69) is 5.32 Å². The van der Waals surface area contributed by atoms with E-state index in [1.807, 2.05) is 31.2 Å². The maximum atomic E-state index is 13.5. The average molecular weight is 294 g/mol. The van der Waals surface area contributed by atoms with Crippen LogP contribution in [-0.2, 0) is 0 Å². The second-order valence-electron chi connectivity index (χ2n) is 4.43. The zero-order valence-corrected chi connectivity index (χ0v) is 12.2. The van der Waals surface area contributed by atoms with Crippen LogP contribution in [-0.4, -0.2) is 13.7 Å². The van der Waals surface area contributed by atoms with Crippen molar-refractivity contribution in [3.05, 3.63) is 64.4 Å². The normalized spacial score (nSPS) is 12.2. The zero-order valence-electron chi connectivity index (χ0n) is 11.5. The quantitative estimate of drug-likeness (QED) is 0.892. The van der Waals surface area contributed by atoms with Gasteiger partial charge in [0.2, 0.25) is 0 Å². The predicted molar refractivity (Wildman–Crippen MR) is 79.9 cm³/mol. The van der Waals surface area contributed by atoms with Crippen LogP contribution in [0.1, 0.15) is 24.1 Å². The van der Waals surface area contributed by atoms with E-state index in [1.54, 1.807) is 13.2 Å². The highest BCUT2D eigenvalue weighted by molar-refractivity contribution is 6.31. The summed E-state index contributed by atoms with van der Waals surface area (Å²) in [6.45, 7) is 2.75. The Balaban J connectivity index is 2.46. The van der Waals surface area contributed by atoms with Crippen LogP contribution in [0.25, 0.3) is 0 Å². The highest BCUT2D eigenvalue weighted by Gasteiger charge is 2.17. The molecule has 0 spiro atoms. The third-order valence-electron chi connectivity index (χ3n) is 3.10. The van der Waals surface area contributed by atoms with Crippen LogP contribution in [0, 0.1) is 5.82 Å². The largest absolute Gasteiger partial charge is 0.497 e. The van der Waals surface area contributed by atoms with E-state index in [0.29, 0.717) is 5.02 Å². The first kappa shape index (κ1) is 14.8. The number of hydrogen-bond acceptors (Lipinski definition) is 2. The summed E-state index contributed by atoms with van der Waals surface area (Å²) < 4.78 is 18.7. The van der Waals surface area contributed by atoms with Crippen LogP contribution in [0.4, 0.5) is 4.39 Å². The van der Waals surface area contributed by atoms with Crippen LogP contribution in [0.15, 0.2) is 42.5 Å². The van der Waals surface area contributed by atoms with E-state index in [0.717, 1.165) is 23.4 Å². The first-order valence-corrected chi connectivity index (χ1v) is 6.85. The molecule has 2 nitrogen and oxygen atoms in total. The lowest BCUT2D eigenvalue weighted by atomic mass is 9.98. The van der Waals surface area contributed by atoms with Crippen molar-refractivity contribution in [2.75, 3.05) is 13.7 Å². The van der Waals surface area contributed by atoms with Crippen LogP contribution in [0.5, 0.6) is 5.75 Å². The third kappa shape index (κ3) is 3.30. The van der Waals surface area contributed by atoms with Gasteiger partial charge in [-0.05, 0) is 48.0 Å². The molecule has 20 heavy (non-hydrogen) atoms. The molecule has 1 unspecified atom stereocenters. The summed E-state index contributed by atoms with van der Waals surface area (Å²) in [6.07, 6.45) is 0. The molecule has 106 valence electrons. The molecule has 0 aliphatic rings. The fourth-order valence-corrected chi connectivity index (χ4v) is 2.40. The van der Waals surface area contributed by atoms with Gasteiger partial charge < -0.3 is 10.1 Å². The third-order valence-corrected chi connectivity index (χ3v) is 3.45. The molecule has 0 radical (unpaired) electrons. The molecule has 1 atom stereocenters. The Morgan fingerprint density at radius 2 is 2.05 bits per heavy atom. The minimum atomic E-state index is -0.296. The van der Waals surface area contributed by atoms with Gasteiger partial charge in [0.25, 0.3) is 0 Å². The fraction of sp³-hybridized carbons (Fsp3) is 0.250. The molecule has 4 heteroatoms. The molecule has 0 aliphatic heterocycles. The van der Waals surface area contributed by atoms with Gasteiger partial charge in [-0.1, -0.05) is 30.7 Å². The maximum absolute atomic E-state index is 13.5. The molecule has 0 aliphatic carbocycles. The van der Waals surface area contributed by atoms with Gasteiger partial charge in [-0.2, -0.15) is 0 Å². The Bertz CT molecular complexity index is 588. The van der Waals surface area contributed by atoms with Gasteiger partial charge in [0.15, 0.2) is 0 Å².